The van der Waals surface area contributed by atoms with Gasteiger partial charge in [0.25, 0.3) is 0 Å². The van der Waals surface area contributed by atoms with Crippen LogP contribution in [-0.4, -0.2) is 4.98 Å². The number of nitriles is 1. The van der Waals surface area contributed by atoms with Gasteiger partial charge in [0.1, 0.15) is 17.6 Å². The molecule has 0 amide bonds. The van der Waals surface area contributed by atoms with Gasteiger partial charge in [0.2, 0.25) is 0 Å². The van der Waals surface area contributed by atoms with Crippen LogP contribution in [-0.2, 0) is 18.0 Å². The topological polar surface area (TPSA) is 45.9 Å². The lowest BCUT2D eigenvalue weighted by Gasteiger charge is -2.06. The molecule has 0 atom stereocenters. The largest absolute Gasteiger partial charge is 0.370 e. The summed E-state index contributed by atoms with van der Waals surface area (Å²) in [6.07, 6.45) is 0. The third kappa shape index (κ3) is 3.33. The molecule has 0 aliphatic heterocycles. The average molecular weight is 278 g/mol. The Balaban J connectivity index is 1.99. The summed E-state index contributed by atoms with van der Waals surface area (Å²) in [5, 5.41) is 8.68. The molecule has 1 aromatic carbocycles. The second kappa shape index (κ2) is 6.17. The molecule has 1 heterocycles. The summed E-state index contributed by atoms with van der Waals surface area (Å²) in [6, 6.07) is 7.93. The summed E-state index contributed by atoms with van der Waals surface area (Å²) in [7, 11) is 0. The van der Waals surface area contributed by atoms with E-state index < -0.39 is 17.5 Å². The van der Waals surface area contributed by atoms with E-state index in [1.807, 2.05) is 6.07 Å². The van der Waals surface area contributed by atoms with Crippen molar-refractivity contribution in [2.24, 2.45) is 0 Å². The number of nitrogens with zero attached hydrogens (tertiary/aromatic N) is 2. The Morgan fingerprint density at radius 1 is 1.05 bits per heavy atom. The maximum Gasteiger partial charge on any atom is 0.161 e. The number of pyridine rings is 1. The van der Waals surface area contributed by atoms with Crippen LogP contribution in [0.15, 0.2) is 30.3 Å². The molecule has 0 fully saturated rings. The molecular weight excluding hydrogens is 269 g/mol. The van der Waals surface area contributed by atoms with E-state index in [-0.39, 0.29) is 24.5 Å². The summed E-state index contributed by atoms with van der Waals surface area (Å²) in [6.45, 7) is -0.185. The normalized spacial score (nSPS) is 10.3. The molecule has 0 saturated carbocycles. The first kappa shape index (κ1) is 14.0. The molecule has 3 nitrogen and oxygen atoms in total. The zero-order chi connectivity index (χ0) is 14.5. The second-order valence-corrected chi connectivity index (χ2v) is 3.98. The highest BCUT2D eigenvalue weighted by molar-refractivity contribution is 5.22. The molecule has 2 aromatic rings. The van der Waals surface area contributed by atoms with E-state index in [0.717, 1.165) is 6.07 Å². The molecular formula is C14H9F3N2O. The van der Waals surface area contributed by atoms with Crippen molar-refractivity contribution in [1.29, 1.82) is 5.26 Å². The van der Waals surface area contributed by atoms with Crippen LogP contribution in [0.2, 0.25) is 0 Å². The smallest absolute Gasteiger partial charge is 0.161 e. The molecule has 2 rings (SSSR count). The third-order valence-electron chi connectivity index (χ3n) is 2.52. The van der Waals surface area contributed by atoms with Crippen LogP contribution >= 0.6 is 0 Å². The zero-order valence-corrected chi connectivity index (χ0v) is 10.2. The summed E-state index contributed by atoms with van der Waals surface area (Å²) < 4.78 is 44.2. The van der Waals surface area contributed by atoms with Gasteiger partial charge in [0.05, 0.1) is 18.9 Å². The predicted molar refractivity (Wildman–Crippen MR) is 63.8 cm³/mol. The SMILES string of the molecule is N#Cc1cccc(COCc2cc(F)c(F)cc2F)n1. The van der Waals surface area contributed by atoms with Crippen molar-refractivity contribution >= 4 is 0 Å². The third-order valence-corrected chi connectivity index (χ3v) is 2.52. The molecule has 102 valence electrons. The van der Waals surface area contributed by atoms with Crippen molar-refractivity contribution in [3.05, 3.63) is 64.7 Å². The Hall–Kier alpha value is -2.39. The van der Waals surface area contributed by atoms with Crippen molar-refractivity contribution in [2.75, 3.05) is 0 Å². The van der Waals surface area contributed by atoms with Crippen LogP contribution in [0, 0.1) is 28.8 Å². The fraction of sp³-hybridized carbons (Fsp3) is 0.143. The van der Waals surface area contributed by atoms with Crippen molar-refractivity contribution < 1.29 is 17.9 Å². The van der Waals surface area contributed by atoms with Gasteiger partial charge >= 0.3 is 0 Å². The van der Waals surface area contributed by atoms with E-state index >= 15 is 0 Å². The van der Waals surface area contributed by atoms with E-state index in [2.05, 4.69) is 4.98 Å². The number of rotatable bonds is 4. The number of halogens is 3. The van der Waals surface area contributed by atoms with Gasteiger partial charge in [-0.3, -0.25) is 0 Å². The van der Waals surface area contributed by atoms with Crippen LogP contribution in [0.1, 0.15) is 17.0 Å². The van der Waals surface area contributed by atoms with Gasteiger partial charge in [-0.05, 0) is 18.2 Å². The molecule has 0 aliphatic rings. The fourth-order valence-electron chi connectivity index (χ4n) is 1.56. The molecule has 0 N–H and O–H groups in total. The highest BCUT2D eigenvalue weighted by Gasteiger charge is 2.10. The summed E-state index contributed by atoms with van der Waals surface area (Å²) >= 11 is 0. The van der Waals surface area contributed by atoms with Gasteiger partial charge in [-0.2, -0.15) is 5.26 Å². The van der Waals surface area contributed by atoms with Gasteiger partial charge < -0.3 is 4.74 Å². The van der Waals surface area contributed by atoms with Crippen molar-refractivity contribution in [3.63, 3.8) is 0 Å². The van der Waals surface area contributed by atoms with Crippen LogP contribution < -0.4 is 0 Å². The van der Waals surface area contributed by atoms with Crippen molar-refractivity contribution in [1.82, 2.24) is 4.98 Å². The number of aromatic nitrogens is 1. The molecule has 0 saturated heterocycles. The molecule has 0 aliphatic carbocycles. The Kier molecular flexibility index (Phi) is 4.33. The lowest BCUT2D eigenvalue weighted by atomic mass is 10.2. The zero-order valence-electron chi connectivity index (χ0n) is 10.2. The molecule has 0 unspecified atom stereocenters. The van der Waals surface area contributed by atoms with Gasteiger partial charge in [-0.1, -0.05) is 6.07 Å². The Bertz CT molecular complexity index is 668. The first-order chi connectivity index (χ1) is 9.60. The van der Waals surface area contributed by atoms with Gasteiger partial charge in [0, 0.05) is 11.6 Å². The maximum atomic E-state index is 13.3. The van der Waals surface area contributed by atoms with Crippen LogP contribution in [0.4, 0.5) is 13.2 Å². The predicted octanol–water partition coefficient (Wildman–Crippen LogP) is 3.09. The first-order valence-electron chi connectivity index (χ1n) is 5.67. The van der Waals surface area contributed by atoms with Crippen molar-refractivity contribution in [3.8, 4) is 6.07 Å². The van der Waals surface area contributed by atoms with E-state index in [4.69, 9.17) is 10.00 Å². The summed E-state index contributed by atoms with van der Waals surface area (Å²) in [4.78, 5) is 3.96. The minimum Gasteiger partial charge on any atom is -0.370 e. The van der Waals surface area contributed by atoms with Gasteiger partial charge in [-0.15, -0.1) is 0 Å². The minimum atomic E-state index is -1.24. The number of hydrogen-bond acceptors (Lipinski definition) is 3. The summed E-state index contributed by atoms with van der Waals surface area (Å²) in [5.74, 6) is -3.24. The highest BCUT2D eigenvalue weighted by Crippen LogP contribution is 2.15. The van der Waals surface area contributed by atoms with E-state index in [0.29, 0.717) is 11.8 Å². The first-order valence-corrected chi connectivity index (χ1v) is 5.67. The number of benzene rings is 1. The quantitative estimate of drug-likeness (QED) is 0.807. The van der Waals surface area contributed by atoms with E-state index in [1.165, 1.54) is 0 Å². The standard InChI is InChI=1S/C14H9F3N2O/c15-12-5-14(17)13(16)4-9(12)7-20-8-11-3-1-2-10(6-18)19-11/h1-5H,7-8H2. The summed E-state index contributed by atoms with van der Waals surface area (Å²) in [5.41, 5.74) is 0.650. The number of ether oxygens (including phenoxy) is 1. The molecule has 0 spiro atoms. The van der Waals surface area contributed by atoms with Crippen LogP contribution in [0.25, 0.3) is 0 Å². The lowest BCUT2D eigenvalue weighted by Crippen LogP contribution is -2.01. The Morgan fingerprint density at radius 3 is 2.55 bits per heavy atom. The van der Waals surface area contributed by atoms with Crippen LogP contribution in [0.3, 0.4) is 0 Å². The van der Waals surface area contributed by atoms with Crippen LogP contribution in [0.5, 0.6) is 0 Å². The van der Waals surface area contributed by atoms with Crippen molar-refractivity contribution in [2.45, 2.75) is 13.2 Å². The van der Waals surface area contributed by atoms with Gasteiger partial charge in [-0.25, -0.2) is 18.2 Å². The fourth-order valence-corrected chi connectivity index (χ4v) is 1.56. The van der Waals surface area contributed by atoms with E-state index in [1.54, 1.807) is 18.2 Å². The lowest BCUT2D eigenvalue weighted by molar-refractivity contribution is 0.102. The second-order valence-electron chi connectivity index (χ2n) is 3.98. The van der Waals surface area contributed by atoms with E-state index in [9.17, 15) is 13.2 Å². The Morgan fingerprint density at radius 2 is 1.80 bits per heavy atom. The monoisotopic (exact) mass is 278 g/mol. The highest BCUT2D eigenvalue weighted by atomic mass is 19.2. The molecule has 0 radical (unpaired) electrons. The number of hydrogen-bond donors (Lipinski definition) is 0. The molecule has 1 aromatic heterocycles. The average Bonchev–Trinajstić information content (AvgIpc) is 2.44. The maximum absolute atomic E-state index is 13.3. The molecule has 0 bridgehead atoms. The minimum absolute atomic E-state index is 0.0357. The molecule has 6 heteroatoms. The molecule has 20 heavy (non-hydrogen) atoms. The Labute approximate surface area is 113 Å². The van der Waals surface area contributed by atoms with Gasteiger partial charge in [0.15, 0.2) is 11.6 Å².